The van der Waals surface area contributed by atoms with E-state index in [9.17, 15) is 8.78 Å². The van der Waals surface area contributed by atoms with E-state index >= 15 is 0 Å². The molecular formula is C24H28F2N2O2. The highest BCUT2D eigenvalue weighted by Crippen LogP contribution is 2.40. The van der Waals surface area contributed by atoms with Gasteiger partial charge in [0, 0.05) is 44.3 Å². The Labute approximate surface area is 176 Å². The maximum atomic E-state index is 13.9. The van der Waals surface area contributed by atoms with Crippen molar-refractivity contribution in [2.75, 3.05) is 33.0 Å². The largest absolute Gasteiger partial charge is 0.454 e. The molecule has 0 spiro atoms. The normalized spacial score (nSPS) is 24.9. The first-order chi connectivity index (χ1) is 14.7. The second-order valence-electron chi connectivity index (χ2n) is 8.67. The molecule has 0 amide bonds. The summed E-state index contributed by atoms with van der Waals surface area (Å²) in [6.07, 6.45) is 4.80. The van der Waals surface area contributed by atoms with Crippen LogP contribution in [0.3, 0.4) is 0 Å². The molecule has 2 aromatic carbocycles. The van der Waals surface area contributed by atoms with Gasteiger partial charge < -0.3 is 9.47 Å². The molecule has 6 heteroatoms. The standard InChI is InChI=1S/C24H28F2N2O2/c25-20-4-7-22(26)19(13-20)15-27-9-11-28(12-10-27)21-5-1-17(2-6-21)18-3-8-23-24(14-18)30-16-29-23/h3-4,7-8,13-14,17,21H,1-2,5-6,9-12,15-16H2. The fraction of sp³-hybridized carbons (Fsp3) is 0.500. The van der Waals surface area contributed by atoms with Gasteiger partial charge in [0.05, 0.1) is 0 Å². The van der Waals surface area contributed by atoms with Gasteiger partial charge >= 0.3 is 0 Å². The van der Waals surface area contributed by atoms with E-state index < -0.39 is 0 Å². The Bertz CT molecular complexity index is 891. The van der Waals surface area contributed by atoms with Crippen LogP contribution in [0.4, 0.5) is 8.78 Å². The van der Waals surface area contributed by atoms with Gasteiger partial charge in [-0.1, -0.05) is 6.07 Å². The lowest BCUT2D eigenvalue weighted by molar-refractivity contribution is 0.0721. The van der Waals surface area contributed by atoms with Gasteiger partial charge in [0.1, 0.15) is 11.6 Å². The van der Waals surface area contributed by atoms with Gasteiger partial charge in [0.15, 0.2) is 11.5 Å². The summed E-state index contributed by atoms with van der Waals surface area (Å²) in [5, 5.41) is 0. The highest BCUT2D eigenvalue weighted by molar-refractivity contribution is 5.45. The van der Waals surface area contributed by atoms with E-state index in [0.29, 0.717) is 30.9 Å². The molecule has 5 rings (SSSR count). The molecule has 0 N–H and O–H groups in total. The number of hydrogen-bond acceptors (Lipinski definition) is 4. The summed E-state index contributed by atoms with van der Waals surface area (Å²) in [5.74, 6) is 1.63. The predicted molar refractivity (Wildman–Crippen MR) is 111 cm³/mol. The summed E-state index contributed by atoms with van der Waals surface area (Å²) in [5.41, 5.74) is 1.81. The first-order valence-corrected chi connectivity index (χ1v) is 11.0. The van der Waals surface area contributed by atoms with E-state index in [4.69, 9.17) is 9.47 Å². The maximum Gasteiger partial charge on any atom is 0.231 e. The molecule has 2 aliphatic heterocycles. The van der Waals surface area contributed by atoms with Crippen molar-refractivity contribution in [3.05, 3.63) is 59.2 Å². The summed E-state index contributed by atoms with van der Waals surface area (Å²) in [6, 6.07) is 10.7. The van der Waals surface area contributed by atoms with Crippen molar-refractivity contribution in [1.29, 1.82) is 0 Å². The van der Waals surface area contributed by atoms with Crippen LogP contribution in [0, 0.1) is 11.6 Å². The lowest BCUT2D eigenvalue weighted by Crippen LogP contribution is -2.50. The zero-order valence-corrected chi connectivity index (χ0v) is 17.2. The number of fused-ring (bicyclic) bond motifs is 1. The number of halogens is 2. The van der Waals surface area contributed by atoms with Crippen LogP contribution in [0.2, 0.25) is 0 Å². The molecule has 1 aliphatic carbocycles. The monoisotopic (exact) mass is 414 g/mol. The summed E-state index contributed by atoms with van der Waals surface area (Å²) in [6.45, 7) is 4.60. The van der Waals surface area contributed by atoms with E-state index in [0.717, 1.165) is 37.7 Å². The molecule has 4 nitrogen and oxygen atoms in total. The second kappa shape index (κ2) is 8.52. The molecule has 2 fully saturated rings. The van der Waals surface area contributed by atoms with Crippen molar-refractivity contribution in [2.24, 2.45) is 0 Å². The number of piperazine rings is 1. The summed E-state index contributed by atoms with van der Waals surface area (Å²) < 4.78 is 38.3. The third kappa shape index (κ3) is 4.16. The maximum absolute atomic E-state index is 13.9. The average Bonchev–Trinajstić information content (AvgIpc) is 3.25. The minimum Gasteiger partial charge on any atom is -0.454 e. The first-order valence-electron chi connectivity index (χ1n) is 11.0. The van der Waals surface area contributed by atoms with Gasteiger partial charge in [-0.3, -0.25) is 9.80 Å². The molecule has 2 aromatic rings. The third-order valence-electron chi connectivity index (χ3n) is 6.89. The fourth-order valence-corrected chi connectivity index (χ4v) is 5.13. The predicted octanol–water partition coefficient (Wildman–Crippen LogP) is 4.54. The molecule has 0 bridgehead atoms. The lowest BCUT2D eigenvalue weighted by atomic mass is 9.81. The van der Waals surface area contributed by atoms with Gasteiger partial charge in [-0.05, 0) is 67.5 Å². The quantitative estimate of drug-likeness (QED) is 0.734. The second-order valence-corrected chi connectivity index (χ2v) is 8.67. The van der Waals surface area contributed by atoms with E-state index in [1.165, 1.54) is 49.4 Å². The lowest BCUT2D eigenvalue weighted by Gasteiger charge is -2.42. The fourth-order valence-electron chi connectivity index (χ4n) is 5.13. The minimum atomic E-state index is -0.371. The molecule has 0 atom stereocenters. The van der Waals surface area contributed by atoms with Gasteiger partial charge in [-0.25, -0.2) is 8.78 Å². The molecule has 0 aromatic heterocycles. The van der Waals surface area contributed by atoms with Crippen LogP contribution in [0.15, 0.2) is 36.4 Å². The van der Waals surface area contributed by atoms with Crippen molar-refractivity contribution in [2.45, 2.75) is 44.2 Å². The smallest absolute Gasteiger partial charge is 0.231 e. The van der Waals surface area contributed by atoms with E-state index in [-0.39, 0.29) is 11.6 Å². The van der Waals surface area contributed by atoms with Crippen LogP contribution in [0.1, 0.15) is 42.7 Å². The Morgan fingerprint density at radius 1 is 0.833 bits per heavy atom. The van der Waals surface area contributed by atoms with Gasteiger partial charge in [0.25, 0.3) is 0 Å². The highest BCUT2D eigenvalue weighted by atomic mass is 19.1. The SMILES string of the molecule is Fc1ccc(F)c(CN2CCN(C3CCC(c4ccc5c(c4)OCO5)CC3)CC2)c1. The number of rotatable bonds is 4. The average molecular weight is 414 g/mol. The van der Waals surface area contributed by atoms with Crippen LogP contribution in [-0.2, 0) is 6.54 Å². The Hall–Kier alpha value is -2.18. The topological polar surface area (TPSA) is 24.9 Å². The first kappa shape index (κ1) is 19.8. The van der Waals surface area contributed by atoms with Gasteiger partial charge in [-0.15, -0.1) is 0 Å². The Kier molecular flexibility index (Phi) is 5.61. The molecule has 2 heterocycles. The van der Waals surface area contributed by atoms with Crippen molar-refractivity contribution < 1.29 is 18.3 Å². The van der Waals surface area contributed by atoms with Crippen LogP contribution in [0.25, 0.3) is 0 Å². The minimum absolute atomic E-state index is 0.319. The summed E-state index contributed by atoms with van der Waals surface area (Å²) in [4.78, 5) is 4.82. The van der Waals surface area contributed by atoms with Crippen molar-refractivity contribution in [3.63, 3.8) is 0 Å². The molecule has 0 radical (unpaired) electrons. The van der Waals surface area contributed by atoms with E-state index in [1.807, 2.05) is 6.07 Å². The van der Waals surface area contributed by atoms with E-state index in [1.54, 1.807) is 0 Å². The molecule has 160 valence electrons. The third-order valence-corrected chi connectivity index (χ3v) is 6.89. The highest BCUT2D eigenvalue weighted by Gasteiger charge is 2.29. The van der Waals surface area contributed by atoms with Crippen LogP contribution in [-0.4, -0.2) is 48.8 Å². The van der Waals surface area contributed by atoms with Crippen molar-refractivity contribution >= 4 is 0 Å². The van der Waals surface area contributed by atoms with Crippen molar-refractivity contribution in [3.8, 4) is 11.5 Å². The number of nitrogens with zero attached hydrogens (tertiary/aromatic N) is 2. The number of hydrogen-bond donors (Lipinski definition) is 0. The Morgan fingerprint density at radius 3 is 2.40 bits per heavy atom. The number of benzene rings is 2. The molecule has 3 aliphatic rings. The van der Waals surface area contributed by atoms with E-state index in [2.05, 4.69) is 21.9 Å². The Balaban J connectivity index is 1.11. The summed E-state index contributed by atoms with van der Waals surface area (Å²) in [7, 11) is 0. The molecule has 1 saturated carbocycles. The molecule has 30 heavy (non-hydrogen) atoms. The molecular weight excluding hydrogens is 386 g/mol. The zero-order chi connectivity index (χ0) is 20.5. The number of ether oxygens (including phenoxy) is 2. The zero-order valence-electron chi connectivity index (χ0n) is 17.2. The van der Waals surface area contributed by atoms with Gasteiger partial charge in [-0.2, -0.15) is 0 Å². The Morgan fingerprint density at radius 2 is 1.60 bits per heavy atom. The van der Waals surface area contributed by atoms with Crippen molar-refractivity contribution in [1.82, 2.24) is 9.80 Å². The molecule has 0 unspecified atom stereocenters. The molecule has 1 saturated heterocycles. The van der Waals surface area contributed by atoms with Crippen LogP contribution >= 0.6 is 0 Å². The van der Waals surface area contributed by atoms with Gasteiger partial charge in [0.2, 0.25) is 6.79 Å². The summed E-state index contributed by atoms with van der Waals surface area (Å²) >= 11 is 0. The van der Waals surface area contributed by atoms with Crippen LogP contribution in [0.5, 0.6) is 11.5 Å². The van der Waals surface area contributed by atoms with Crippen LogP contribution < -0.4 is 9.47 Å².